The van der Waals surface area contributed by atoms with Crippen molar-refractivity contribution in [2.75, 3.05) is 6.54 Å². The summed E-state index contributed by atoms with van der Waals surface area (Å²) in [6.45, 7) is 0.632. The molecule has 0 fully saturated rings. The first-order chi connectivity index (χ1) is 15.2. The molecule has 31 heavy (non-hydrogen) atoms. The van der Waals surface area contributed by atoms with Gasteiger partial charge in [-0.05, 0) is 54.9 Å². The van der Waals surface area contributed by atoms with E-state index >= 15 is 0 Å². The van der Waals surface area contributed by atoms with Gasteiger partial charge in [-0.2, -0.15) is 0 Å². The highest BCUT2D eigenvalue weighted by Gasteiger charge is 2.12. The third kappa shape index (κ3) is 3.75. The first kappa shape index (κ1) is 19.3. The Bertz CT molecular complexity index is 1440. The molecule has 0 radical (unpaired) electrons. The van der Waals surface area contributed by atoms with Crippen LogP contribution < -0.4 is 5.73 Å². The van der Waals surface area contributed by atoms with Crippen molar-refractivity contribution >= 4 is 33.5 Å². The smallest absolute Gasteiger partial charge is 0.108 e. The van der Waals surface area contributed by atoms with Gasteiger partial charge in [-0.25, -0.2) is 4.98 Å². The van der Waals surface area contributed by atoms with Crippen molar-refractivity contribution in [1.29, 1.82) is 0 Å². The average molecular weight is 424 g/mol. The highest BCUT2D eigenvalue weighted by molar-refractivity contribution is 6.32. The second kappa shape index (κ2) is 8.19. The maximum Gasteiger partial charge on any atom is 0.108 e. The molecular formula is C25H18ClN5. The van der Waals surface area contributed by atoms with Gasteiger partial charge in [-0.15, -0.1) is 0 Å². The lowest BCUT2D eigenvalue weighted by Gasteiger charge is -2.09. The van der Waals surface area contributed by atoms with Crippen molar-refractivity contribution < 1.29 is 0 Å². The van der Waals surface area contributed by atoms with Crippen LogP contribution in [-0.2, 0) is 6.42 Å². The number of benzene rings is 2. The van der Waals surface area contributed by atoms with Crippen molar-refractivity contribution in [3.8, 4) is 17.5 Å². The Labute approximate surface area is 184 Å². The number of halogens is 1. The van der Waals surface area contributed by atoms with Crippen LogP contribution in [0, 0.1) is 11.8 Å². The SMILES string of the molecule is NCCc1ccc(-n2cnc3cnc4cc(Cl)c(C#Cc5cccnc5)cc4c32)cc1. The molecule has 0 aliphatic rings. The molecule has 0 saturated heterocycles. The van der Waals surface area contributed by atoms with Crippen molar-refractivity contribution in [1.82, 2.24) is 19.5 Å². The minimum Gasteiger partial charge on any atom is -0.330 e. The van der Waals surface area contributed by atoms with Crippen LogP contribution in [-0.4, -0.2) is 26.1 Å². The first-order valence-corrected chi connectivity index (χ1v) is 10.3. The predicted molar refractivity (Wildman–Crippen MR) is 124 cm³/mol. The Hall–Kier alpha value is -3.72. The molecule has 5 nitrogen and oxygen atoms in total. The van der Waals surface area contributed by atoms with Crippen LogP contribution in [0.4, 0.5) is 0 Å². The Morgan fingerprint density at radius 2 is 1.84 bits per heavy atom. The third-order valence-electron chi connectivity index (χ3n) is 5.11. The van der Waals surface area contributed by atoms with E-state index < -0.39 is 0 Å². The molecule has 0 aliphatic carbocycles. The normalized spacial score (nSPS) is 10.9. The number of aromatic nitrogens is 4. The summed E-state index contributed by atoms with van der Waals surface area (Å²) < 4.78 is 2.07. The summed E-state index contributed by atoms with van der Waals surface area (Å²) in [7, 11) is 0. The van der Waals surface area contributed by atoms with Crippen molar-refractivity contribution in [3.05, 3.63) is 95.2 Å². The number of nitrogens with two attached hydrogens (primary N) is 1. The van der Waals surface area contributed by atoms with Crippen LogP contribution in [0.1, 0.15) is 16.7 Å². The fourth-order valence-corrected chi connectivity index (χ4v) is 3.78. The van der Waals surface area contributed by atoms with Crippen LogP contribution in [0.3, 0.4) is 0 Å². The second-order valence-corrected chi connectivity index (χ2v) is 7.56. The zero-order chi connectivity index (χ0) is 21.2. The van der Waals surface area contributed by atoms with Gasteiger partial charge in [0.25, 0.3) is 0 Å². The Morgan fingerprint density at radius 1 is 0.968 bits per heavy atom. The molecule has 2 N–H and O–H groups in total. The van der Waals surface area contributed by atoms with Crippen LogP contribution in [0.25, 0.3) is 27.6 Å². The lowest BCUT2D eigenvalue weighted by Crippen LogP contribution is -2.02. The lowest BCUT2D eigenvalue weighted by molar-refractivity contribution is 0.966. The summed E-state index contributed by atoms with van der Waals surface area (Å²) in [6.07, 6.45) is 7.90. The van der Waals surface area contributed by atoms with E-state index in [1.165, 1.54) is 5.56 Å². The molecule has 0 atom stereocenters. The Kier molecular flexibility index (Phi) is 5.09. The monoisotopic (exact) mass is 423 g/mol. The highest BCUT2D eigenvalue weighted by Crippen LogP contribution is 2.29. The summed E-state index contributed by atoms with van der Waals surface area (Å²) in [5.41, 5.74) is 12.0. The molecule has 0 saturated carbocycles. The summed E-state index contributed by atoms with van der Waals surface area (Å²) in [5, 5.41) is 1.51. The first-order valence-electron chi connectivity index (χ1n) is 9.89. The molecule has 150 valence electrons. The maximum absolute atomic E-state index is 6.51. The highest BCUT2D eigenvalue weighted by atomic mass is 35.5. The number of imidazole rings is 1. The fourth-order valence-electron chi connectivity index (χ4n) is 3.57. The molecule has 0 unspecified atom stereocenters. The van der Waals surface area contributed by atoms with Crippen molar-refractivity contribution in [2.45, 2.75) is 6.42 Å². The van der Waals surface area contributed by atoms with Crippen LogP contribution >= 0.6 is 11.6 Å². The number of pyridine rings is 2. The van der Waals surface area contributed by atoms with Crippen LogP contribution in [0.2, 0.25) is 5.02 Å². The number of hydrogen-bond acceptors (Lipinski definition) is 4. The minimum atomic E-state index is 0.563. The molecule has 0 bridgehead atoms. The zero-order valence-corrected chi connectivity index (χ0v) is 17.3. The van der Waals surface area contributed by atoms with Gasteiger partial charge in [-0.3, -0.25) is 14.5 Å². The molecule has 6 heteroatoms. The minimum absolute atomic E-state index is 0.563. The number of hydrogen-bond donors (Lipinski definition) is 1. The summed E-state index contributed by atoms with van der Waals surface area (Å²) in [4.78, 5) is 13.2. The molecule has 3 aromatic heterocycles. The molecule has 0 aliphatic heterocycles. The van der Waals surface area contributed by atoms with Gasteiger partial charge in [0.05, 0.1) is 22.3 Å². The van der Waals surface area contributed by atoms with Gasteiger partial charge in [0.15, 0.2) is 0 Å². The van der Waals surface area contributed by atoms with Gasteiger partial charge in [0, 0.05) is 34.6 Å². The lowest BCUT2D eigenvalue weighted by atomic mass is 10.1. The molecule has 3 heterocycles. The van der Waals surface area contributed by atoms with Gasteiger partial charge in [0.2, 0.25) is 0 Å². The summed E-state index contributed by atoms with van der Waals surface area (Å²) >= 11 is 6.51. The van der Waals surface area contributed by atoms with E-state index in [0.29, 0.717) is 11.6 Å². The van der Waals surface area contributed by atoms with E-state index in [4.69, 9.17) is 17.3 Å². The van der Waals surface area contributed by atoms with E-state index in [9.17, 15) is 0 Å². The zero-order valence-electron chi connectivity index (χ0n) is 16.6. The van der Waals surface area contributed by atoms with E-state index in [-0.39, 0.29) is 0 Å². The molecule has 5 aromatic rings. The molecule has 5 rings (SSSR count). The predicted octanol–water partition coefficient (Wildman–Crippen LogP) is 4.52. The molecule has 2 aromatic carbocycles. The topological polar surface area (TPSA) is 69.6 Å². The van der Waals surface area contributed by atoms with Gasteiger partial charge < -0.3 is 5.73 Å². The standard InChI is InChI=1S/C25H18ClN5/c26-22-13-23-21(12-19(22)6-3-18-2-1-11-28-14-18)25-24(15-29-23)30-16-31(25)20-7-4-17(5-8-20)9-10-27/h1-2,4-5,7-8,11-16H,9-10,27H2. The van der Waals surface area contributed by atoms with Gasteiger partial charge in [0.1, 0.15) is 11.8 Å². The Balaban J connectivity index is 1.67. The van der Waals surface area contributed by atoms with E-state index in [1.807, 2.05) is 30.6 Å². The number of rotatable bonds is 3. The fraction of sp³-hybridized carbons (Fsp3) is 0.0800. The molecule has 0 amide bonds. The molecule has 0 spiro atoms. The Morgan fingerprint density at radius 3 is 2.61 bits per heavy atom. The number of nitrogens with zero attached hydrogens (tertiary/aromatic N) is 4. The van der Waals surface area contributed by atoms with Crippen molar-refractivity contribution in [2.24, 2.45) is 5.73 Å². The van der Waals surface area contributed by atoms with E-state index in [0.717, 1.165) is 45.2 Å². The van der Waals surface area contributed by atoms with Crippen LogP contribution in [0.15, 0.2) is 73.4 Å². The maximum atomic E-state index is 6.51. The average Bonchev–Trinajstić information content (AvgIpc) is 3.24. The van der Waals surface area contributed by atoms with E-state index in [1.54, 1.807) is 18.6 Å². The quantitative estimate of drug-likeness (QED) is 0.433. The summed E-state index contributed by atoms with van der Waals surface area (Å²) in [5.74, 6) is 6.29. The summed E-state index contributed by atoms with van der Waals surface area (Å²) in [6, 6.07) is 16.0. The van der Waals surface area contributed by atoms with Crippen LogP contribution in [0.5, 0.6) is 0 Å². The third-order valence-corrected chi connectivity index (χ3v) is 5.43. The largest absolute Gasteiger partial charge is 0.330 e. The van der Waals surface area contributed by atoms with Crippen molar-refractivity contribution in [3.63, 3.8) is 0 Å². The second-order valence-electron chi connectivity index (χ2n) is 7.15. The van der Waals surface area contributed by atoms with E-state index in [2.05, 4.69) is 55.6 Å². The molecular weight excluding hydrogens is 406 g/mol. The van der Waals surface area contributed by atoms with Gasteiger partial charge in [-0.1, -0.05) is 35.6 Å². The van der Waals surface area contributed by atoms with Gasteiger partial charge >= 0.3 is 0 Å². The number of fused-ring (bicyclic) bond motifs is 3.